The molecule has 1 spiro atoms. The quantitative estimate of drug-likeness (QED) is 0.863. The molecule has 1 aromatic carbocycles. The summed E-state index contributed by atoms with van der Waals surface area (Å²) in [5.74, 6) is 0.337. The highest BCUT2D eigenvalue weighted by molar-refractivity contribution is 9.10. The van der Waals surface area contributed by atoms with Crippen molar-refractivity contribution in [3.63, 3.8) is 0 Å². The van der Waals surface area contributed by atoms with Crippen molar-refractivity contribution in [1.29, 1.82) is 0 Å². The molecule has 3 heteroatoms. The van der Waals surface area contributed by atoms with Gasteiger partial charge in [-0.25, -0.2) is 0 Å². The van der Waals surface area contributed by atoms with E-state index in [-0.39, 0.29) is 11.7 Å². The number of aryl methyl sites for hydroxylation is 2. The summed E-state index contributed by atoms with van der Waals surface area (Å²) < 4.78 is 7.11. The van der Waals surface area contributed by atoms with E-state index in [1.165, 1.54) is 30.4 Å². The minimum absolute atomic E-state index is 0.101. The summed E-state index contributed by atoms with van der Waals surface area (Å²) in [4.78, 5) is 0. The van der Waals surface area contributed by atoms with Gasteiger partial charge in [0.05, 0.1) is 11.7 Å². The van der Waals surface area contributed by atoms with Gasteiger partial charge in [0.15, 0.2) is 0 Å². The molecule has 3 rings (SSSR count). The Hall–Kier alpha value is -0.380. The maximum absolute atomic E-state index is 10.8. The van der Waals surface area contributed by atoms with E-state index in [0.717, 1.165) is 29.5 Å². The van der Waals surface area contributed by atoms with Crippen molar-refractivity contribution in [2.45, 2.75) is 57.7 Å². The fourth-order valence-corrected chi connectivity index (χ4v) is 3.91. The molecule has 2 aliphatic rings. The lowest BCUT2D eigenvalue weighted by molar-refractivity contribution is -0.157. The standard InChI is InChI=1S/C17H23BrO2/c1-11-8-14(9-12(2)15(11)18)16(19)13-4-7-20-17(10-13)5-3-6-17/h8-9,13,16,19H,3-7,10H2,1-2H3. The summed E-state index contributed by atoms with van der Waals surface area (Å²) in [6, 6.07) is 4.23. The van der Waals surface area contributed by atoms with Crippen LogP contribution >= 0.6 is 15.9 Å². The summed E-state index contributed by atoms with van der Waals surface area (Å²) in [6.07, 6.45) is 5.25. The molecule has 0 amide bonds. The van der Waals surface area contributed by atoms with E-state index in [0.29, 0.717) is 5.92 Å². The van der Waals surface area contributed by atoms with Crippen LogP contribution in [0.25, 0.3) is 0 Å². The average Bonchev–Trinajstić information content (AvgIpc) is 2.42. The van der Waals surface area contributed by atoms with Gasteiger partial charge in [-0.2, -0.15) is 0 Å². The summed E-state index contributed by atoms with van der Waals surface area (Å²) in [7, 11) is 0. The second-order valence-electron chi connectivity index (χ2n) is 6.55. The van der Waals surface area contributed by atoms with Gasteiger partial charge in [-0.3, -0.25) is 0 Å². The minimum atomic E-state index is -0.359. The Kier molecular flexibility index (Phi) is 3.95. The first kappa shape index (κ1) is 14.6. The molecule has 2 fully saturated rings. The third-order valence-electron chi connectivity index (χ3n) is 5.04. The van der Waals surface area contributed by atoms with Gasteiger partial charge in [-0.1, -0.05) is 28.1 Å². The first-order valence-corrected chi connectivity index (χ1v) is 8.39. The van der Waals surface area contributed by atoms with E-state index < -0.39 is 0 Å². The largest absolute Gasteiger partial charge is 0.388 e. The monoisotopic (exact) mass is 338 g/mol. The van der Waals surface area contributed by atoms with E-state index in [1.54, 1.807) is 0 Å². The molecule has 1 aromatic rings. The molecule has 1 N–H and O–H groups in total. The maximum Gasteiger partial charge on any atom is 0.0820 e. The molecule has 1 heterocycles. The fraction of sp³-hybridized carbons (Fsp3) is 0.647. The summed E-state index contributed by atoms with van der Waals surface area (Å²) >= 11 is 3.60. The van der Waals surface area contributed by atoms with Gasteiger partial charge in [0.25, 0.3) is 0 Å². The van der Waals surface area contributed by atoms with Gasteiger partial charge in [-0.15, -0.1) is 0 Å². The highest BCUT2D eigenvalue weighted by Gasteiger charge is 2.44. The van der Waals surface area contributed by atoms with Crippen LogP contribution in [0.2, 0.25) is 0 Å². The molecule has 2 nitrogen and oxygen atoms in total. The van der Waals surface area contributed by atoms with Crippen LogP contribution in [0.1, 0.15) is 54.9 Å². The Morgan fingerprint density at radius 3 is 2.50 bits per heavy atom. The van der Waals surface area contributed by atoms with Crippen molar-refractivity contribution in [2.75, 3.05) is 6.61 Å². The van der Waals surface area contributed by atoms with Crippen molar-refractivity contribution in [1.82, 2.24) is 0 Å². The summed E-state index contributed by atoms with van der Waals surface area (Å²) in [6.45, 7) is 4.98. The topological polar surface area (TPSA) is 29.5 Å². The third kappa shape index (κ3) is 2.56. The van der Waals surface area contributed by atoms with Crippen LogP contribution in [0.4, 0.5) is 0 Å². The van der Waals surface area contributed by atoms with Crippen molar-refractivity contribution >= 4 is 15.9 Å². The molecule has 110 valence electrons. The lowest BCUT2D eigenvalue weighted by atomic mass is 9.70. The Labute approximate surface area is 129 Å². The number of hydrogen-bond donors (Lipinski definition) is 1. The van der Waals surface area contributed by atoms with E-state index in [1.807, 2.05) is 0 Å². The number of hydrogen-bond acceptors (Lipinski definition) is 2. The zero-order valence-electron chi connectivity index (χ0n) is 12.3. The van der Waals surface area contributed by atoms with Gasteiger partial charge in [0, 0.05) is 11.1 Å². The highest BCUT2D eigenvalue weighted by Crippen LogP contribution is 2.47. The van der Waals surface area contributed by atoms with Crippen molar-refractivity contribution in [3.05, 3.63) is 33.3 Å². The number of halogens is 1. The van der Waals surface area contributed by atoms with Crippen LogP contribution in [0.15, 0.2) is 16.6 Å². The van der Waals surface area contributed by atoms with Crippen LogP contribution < -0.4 is 0 Å². The van der Waals surface area contributed by atoms with Gasteiger partial charge in [0.2, 0.25) is 0 Å². The van der Waals surface area contributed by atoms with Gasteiger partial charge >= 0.3 is 0 Å². The van der Waals surface area contributed by atoms with Gasteiger partial charge in [0.1, 0.15) is 0 Å². The molecule has 2 unspecified atom stereocenters. The maximum atomic E-state index is 10.8. The lowest BCUT2D eigenvalue weighted by Crippen LogP contribution is -2.46. The van der Waals surface area contributed by atoms with Crippen molar-refractivity contribution < 1.29 is 9.84 Å². The zero-order chi connectivity index (χ0) is 14.3. The first-order valence-electron chi connectivity index (χ1n) is 7.59. The first-order chi connectivity index (χ1) is 9.51. The second kappa shape index (κ2) is 5.43. The number of ether oxygens (including phenoxy) is 1. The molecule has 1 aliphatic heterocycles. The minimum Gasteiger partial charge on any atom is -0.388 e. The Morgan fingerprint density at radius 2 is 1.95 bits per heavy atom. The Morgan fingerprint density at radius 1 is 1.30 bits per heavy atom. The van der Waals surface area contributed by atoms with Crippen molar-refractivity contribution in [3.8, 4) is 0 Å². The number of aliphatic hydroxyl groups excluding tert-OH is 1. The molecular weight excluding hydrogens is 316 g/mol. The fourth-order valence-electron chi connectivity index (χ4n) is 3.68. The lowest BCUT2D eigenvalue weighted by Gasteiger charge is -2.48. The van der Waals surface area contributed by atoms with Crippen LogP contribution in [0.5, 0.6) is 0 Å². The highest BCUT2D eigenvalue weighted by atomic mass is 79.9. The predicted octanol–water partition coefficient (Wildman–Crippen LogP) is 4.45. The second-order valence-corrected chi connectivity index (χ2v) is 7.34. The van der Waals surface area contributed by atoms with E-state index >= 15 is 0 Å². The molecule has 0 aromatic heterocycles. The van der Waals surface area contributed by atoms with Crippen LogP contribution in [0, 0.1) is 19.8 Å². The number of benzene rings is 1. The molecule has 1 saturated heterocycles. The summed E-state index contributed by atoms with van der Waals surface area (Å²) in [5.41, 5.74) is 3.56. The van der Waals surface area contributed by atoms with Crippen molar-refractivity contribution in [2.24, 2.45) is 5.92 Å². The predicted molar refractivity (Wildman–Crippen MR) is 83.8 cm³/mol. The molecule has 2 atom stereocenters. The van der Waals surface area contributed by atoms with Crippen LogP contribution in [-0.2, 0) is 4.74 Å². The van der Waals surface area contributed by atoms with Gasteiger partial charge in [-0.05, 0) is 68.6 Å². The molecule has 0 bridgehead atoms. The van der Waals surface area contributed by atoms with E-state index in [2.05, 4.69) is 41.9 Å². The molecule has 0 radical (unpaired) electrons. The third-order valence-corrected chi connectivity index (χ3v) is 6.29. The zero-order valence-corrected chi connectivity index (χ0v) is 13.9. The smallest absolute Gasteiger partial charge is 0.0820 e. The van der Waals surface area contributed by atoms with Crippen LogP contribution in [0.3, 0.4) is 0 Å². The van der Waals surface area contributed by atoms with Crippen LogP contribution in [-0.4, -0.2) is 17.3 Å². The Bertz CT molecular complexity index is 485. The molecule has 20 heavy (non-hydrogen) atoms. The normalized spacial score (nSPS) is 26.3. The SMILES string of the molecule is Cc1cc(C(O)C2CCOC3(CCC3)C2)cc(C)c1Br. The summed E-state index contributed by atoms with van der Waals surface area (Å²) in [5, 5.41) is 10.8. The molecule has 1 aliphatic carbocycles. The number of rotatable bonds is 2. The van der Waals surface area contributed by atoms with E-state index in [4.69, 9.17) is 4.74 Å². The molecular formula is C17H23BrO2. The average molecular weight is 339 g/mol. The van der Waals surface area contributed by atoms with E-state index in [9.17, 15) is 5.11 Å². The number of aliphatic hydroxyl groups is 1. The van der Waals surface area contributed by atoms with Gasteiger partial charge < -0.3 is 9.84 Å². The molecule has 1 saturated carbocycles. The Balaban J connectivity index is 1.79.